The van der Waals surface area contributed by atoms with Gasteiger partial charge in [-0.05, 0) is 63.4 Å². The zero-order valence-electron chi connectivity index (χ0n) is 25.3. The number of rotatable bonds is 5. The zero-order chi connectivity index (χ0) is 31.2. The molecule has 47 heavy (non-hydrogen) atoms. The van der Waals surface area contributed by atoms with Crippen molar-refractivity contribution in [1.82, 2.24) is 15.0 Å². The van der Waals surface area contributed by atoms with E-state index in [1.165, 1.54) is 42.1 Å². The number of hydrogen-bond acceptors (Lipinski definition) is 4. The summed E-state index contributed by atoms with van der Waals surface area (Å²) < 4.78 is 2.50. The summed E-state index contributed by atoms with van der Waals surface area (Å²) in [5, 5.41) is 4.96. The van der Waals surface area contributed by atoms with E-state index in [9.17, 15) is 0 Å². The Labute approximate surface area is 276 Å². The molecule has 4 heteroatoms. The summed E-state index contributed by atoms with van der Waals surface area (Å²) in [5.41, 5.74) is 7.60. The fourth-order valence-corrected chi connectivity index (χ4v) is 7.43. The lowest BCUT2D eigenvalue weighted by atomic mass is 9.97. The van der Waals surface area contributed by atoms with E-state index in [0.717, 1.165) is 27.8 Å². The standard InChI is InChI=1S/C43H27N3S/c1-3-10-28(11-4-1)31-18-19-34-25-32(20-21-33(34)24-31)30-14-9-15-35(26-30)42-44-41(29-12-5-2-6-13-29)45-43(46-42)36-22-23-38-37-16-7-8-17-39(37)47-40(38)27-36/h1-27H. The molecule has 2 heterocycles. The van der Waals surface area contributed by atoms with Crippen LogP contribution in [0.4, 0.5) is 0 Å². The SMILES string of the molecule is c1ccc(-c2ccc3cc(-c4cccc(-c5nc(-c6ccccc6)nc(-c6ccc7c(c6)sc6ccccc67)n5)c4)ccc3c2)cc1. The number of thiophene rings is 1. The smallest absolute Gasteiger partial charge is 0.164 e. The van der Waals surface area contributed by atoms with Gasteiger partial charge in [0, 0.05) is 36.9 Å². The van der Waals surface area contributed by atoms with E-state index in [-0.39, 0.29) is 0 Å². The molecule has 0 aliphatic carbocycles. The molecule has 3 nitrogen and oxygen atoms in total. The van der Waals surface area contributed by atoms with Crippen molar-refractivity contribution < 1.29 is 0 Å². The lowest BCUT2D eigenvalue weighted by Crippen LogP contribution is -2.00. The first-order valence-electron chi connectivity index (χ1n) is 15.7. The Morgan fingerprint density at radius 3 is 1.51 bits per heavy atom. The van der Waals surface area contributed by atoms with Gasteiger partial charge < -0.3 is 0 Å². The molecule has 220 valence electrons. The van der Waals surface area contributed by atoms with Gasteiger partial charge in [-0.3, -0.25) is 0 Å². The lowest BCUT2D eigenvalue weighted by molar-refractivity contribution is 1.07. The van der Waals surface area contributed by atoms with Crippen LogP contribution in [0.15, 0.2) is 164 Å². The Balaban J connectivity index is 1.13. The van der Waals surface area contributed by atoms with Crippen LogP contribution in [-0.2, 0) is 0 Å². The Morgan fingerprint density at radius 2 is 0.787 bits per heavy atom. The molecule has 0 bridgehead atoms. The van der Waals surface area contributed by atoms with E-state index in [2.05, 4.69) is 133 Å². The Hall–Kier alpha value is -5.97. The molecule has 7 aromatic carbocycles. The highest BCUT2D eigenvalue weighted by atomic mass is 32.1. The summed E-state index contributed by atoms with van der Waals surface area (Å²) in [6, 6.07) is 57.6. The average Bonchev–Trinajstić information content (AvgIpc) is 3.53. The molecule has 0 N–H and O–H groups in total. The molecule has 0 saturated carbocycles. The second-order valence-electron chi connectivity index (χ2n) is 11.7. The third kappa shape index (κ3) is 5.15. The summed E-state index contributed by atoms with van der Waals surface area (Å²) in [6.45, 7) is 0. The molecule has 0 amide bonds. The minimum absolute atomic E-state index is 0.653. The molecule has 9 rings (SSSR count). The topological polar surface area (TPSA) is 38.7 Å². The minimum Gasteiger partial charge on any atom is -0.208 e. The number of fused-ring (bicyclic) bond motifs is 4. The maximum absolute atomic E-state index is 5.07. The normalized spacial score (nSPS) is 11.4. The Kier molecular flexibility index (Phi) is 6.65. The van der Waals surface area contributed by atoms with Crippen molar-refractivity contribution in [3.63, 3.8) is 0 Å². The summed E-state index contributed by atoms with van der Waals surface area (Å²) >= 11 is 1.80. The van der Waals surface area contributed by atoms with Crippen LogP contribution in [0, 0.1) is 0 Å². The quantitative estimate of drug-likeness (QED) is 0.193. The highest BCUT2D eigenvalue weighted by Gasteiger charge is 2.15. The average molecular weight is 618 g/mol. The molecular weight excluding hydrogens is 591 g/mol. The van der Waals surface area contributed by atoms with Gasteiger partial charge in [-0.25, -0.2) is 15.0 Å². The number of hydrogen-bond donors (Lipinski definition) is 0. The molecule has 0 aliphatic heterocycles. The maximum atomic E-state index is 5.07. The van der Waals surface area contributed by atoms with Crippen molar-refractivity contribution >= 4 is 42.3 Å². The van der Waals surface area contributed by atoms with Crippen molar-refractivity contribution in [2.45, 2.75) is 0 Å². The molecule has 0 saturated heterocycles. The van der Waals surface area contributed by atoms with Gasteiger partial charge in [0.25, 0.3) is 0 Å². The van der Waals surface area contributed by atoms with Crippen LogP contribution in [0.2, 0.25) is 0 Å². The van der Waals surface area contributed by atoms with Gasteiger partial charge in [0.2, 0.25) is 0 Å². The van der Waals surface area contributed by atoms with Crippen LogP contribution in [0.3, 0.4) is 0 Å². The molecule has 0 radical (unpaired) electrons. The number of benzene rings is 7. The van der Waals surface area contributed by atoms with E-state index < -0.39 is 0 Å². The van der Waals surface area contributed by atoms with Crippen molar-refractivity contribution in [1.29, 1.82) is 0 Å². The second-order valence-corrected chi connectivity index (χ2v) is 12.8. The van der Waals surface area contributed by atoms with Crippen molar-refractivity contribution in [3.05, 3.63) is 164 Å². The van der Waals surface area contributed by atoms with Gasteiger partial charge in [-0.15, -0.1) is 11.3 Å². The lowest BCUT2D eigenvalue weighted by Gasteiger charge is -2.10. The predicted molar refractivity (Wildman–Crippen MR) is 197 cm³/mol. The first-order valence-corrected chi connectivity index (χ1v) is 16.5. The zero-order valence-corrected chi connectivity index (χ0v) is 26.2. The van der Waals surface area contributed by atoms with Crippen LogP contribution in [0.5, 0.6) is 0 Å². The van der Waals surface area contributed by atoms with Crippen molar-refractivity contribution in [2.75, 3.05) is 0 Å². The van der Waals surface area contributed by atoms with Gasteiger partial charge in [0.05, 0.1) is 0 Å². The van der Waals surface area contributed by atoms with Crippen LogP contribution < -0.4 is 0 Å². The molecule has 0 fully saturated rings. The third-order valence-corrected chi connectivity index (χ3v) is 9.84. The maximum Gasteiger partial charge on any atom is 0.164 e. The van der Waals surface area contributed by atoms with Crippen LogP contribution in [0.25, 0.3) is 87.4 Å². The third-order valence-electron chi connectivity index (χ3n) is 8.71. The fourth-order valence-electron chi connectivity index (χ4n) is 6.29. The highest BCUT2D eigenvalue weighted by molar-refractivity contribution is 7.25. The van der Waals surface area contributed by atoms with Crippen LogP contribution in [0.1, 0.15) is 0 Å². The fraction of sp³-hybridized carbons (Fsp3) is 0. The predicted octanol–water partition coefficient (Wildman–Crippen LogP) is 11.7. The van der Waals surface area contributed by atoms with Crippen molar-refractivity contribution in [3.8, 4) is 56.4 Å². The molecular formula is C43H27N3S. The number of nitrogens with zero attached hydrogens (tertiary/aromatic N) is 3. The molecule has 2 aromatic heterocycles. The van der Waals surface area contributed by atoms with Crippen molar-refractivity contribution in [2.24, 2.45) is 0 Å². The monoisotopic (exact) mass is 617 g/mol. The molecule has 0 unspecified atom stereocenters. The Morgan fingerprint density at radius 1 is 0.298 bits per heavy atom. The minimum atomic E-state index is 0.653. The second kappa shape index (κ2) is 11.4. The number of aromatic nitrogens is 3. The van der Waals surface area contributed by atoms with E-state index in [0.29, 0.717) is 17.5 Å². The van der Waals surface area contributed by atoms with E-state index in [1.807, 2.05) is 30.3 Å². The molecule has 9 aromatic rings. The van der Waals surface area contributed by atoms with Crippen LogP contribution >= 0.6 is 11.3 Å². The van der Waals surface area contributed by atoms with Crippen LogP contribution in [-0.4, -0.2) is 15.0 Å². The van der Waals surface area contributed by atoms with Gasteiger partial charge in [-0.1, -0.05) is 133 Å². The highest BCUT2D eigenvalue weighted by Crippen LogP contribution is 2.37. The van der Waals surface area contributed by atoms with E-state index in [4.69, 9.17) is 15.0 Å². The summed E-state index contributed by atoms with van der Waals surface area (Å²) in [6.07, 6.45) is 0. The Bertz CT molecular complexity index is 2570. The molecule has 0 spiro atoms. The van der Waals surface area contributed by atoms with Gasteiger partial charge >= 0.3 is 0 Å². The first-order chi connectivity index (χ1) is 23.2. The van der Waals surface area contributed by atoms with E-state index >= 15 is 0 Å². The summed E-state index contributed by atoms with van der Waals surface area (Å²) in [5.74, 6) is 1.98. The van der Waals surface area contributed by atoms with Gasteiger partial charge in [0.15, 0.2) is 17.5 Å². The van der Waals surface area contributed by atoms with E-state index in [1.54, 1.807) is 11.3 Å². The first kappa shape index (κ1) is 27.3. The summed E-state index contributed by atoms with van der Waals surface area (Å²) in [7, 11) is 0. The largest absolute Gasteiger partial charge is 0.208 e. The van der Waals surface area contributed by atoms with Gasteiger partial charge in [-0.2, -0.15) is 0 Å². The molecule has 0 aliphatic rings. The van der Waals surface area contributed by atoms with Gasteiger partial charge in [0.1, 0.15) is 0 Å². The molecule has 0 atom stereocenters. The summed E-state index contributed by atoms with van der Waals surface area (Å²) in [4.78, 5) is 15.1.